The average Bonchev–Trinajstić information content (AvgIpc) is 2.55. The van der Waals surface area contributed by atoms with E-state index >= 15 is 0 Å². The number of nitrogens with two attached hydrogens (primary N) is 1. The molecule has 25 heavy (non-hydrogen) atoms. The van der Waals surface area contributed by atoms with E-state index in [4.69, 9.17) is 5.73 Å². The highest BCUT2D eigenvalue weighted by atomic mass is 16.2. The van der Waals surface area contributed by atoms with Crippen LogP contribution in [-0.4, -0.2) is 11.9 Å². The summed E-state index contributed by atoms with van der Waals surface area (Å²) < 4.78 is 0. The lowest BCUT2D eigenvalue weighted by molar-refractivity contribution is -0.117. The first-order valence-corrected chi connectivity index (χ1v) is 8.62. The largest absolute Gasteiger partial charge is 0.369 e. The Hall–Kier alpha value is -2.82. The lowest BCUT2D eigenvalue weighted by Crippen LogP contribution is -2.38. The van der Waals surface area contributed by atoms with Gasteiger partial charge < -0.3 is 16.4 Å². The topological polar surface area (TPSA) is 84.2 Å². The van der Waals surface area contributed by atoms with E-state index in [1.165, 1.54) is 6.42 Å². The van der Waals surface area contributed by atoms with Crippen LogP contribution in [0, 0.1) is 5.92 Å². The molecule has 1 atom stereocenters. The molecule has 0 heterocycles. The number of benzene rings is 2. The summed E-state index contributed by atoms with van der Waals surface area (Å²) in [4.78, 5) is 23.7. The molecule has 5 heteroatoms. The number of rotatable bonds is 6. The first-order valence-electron chi connectivity index (χ1n) is 8.62. The second kappa shape index (κ2) is 7.83. The predicted octanol–water partition coefficient (Wildman–Crippen LogP) is 3.38. The number of hydrogen-bond donors (Lipinski definition) is 3. The van der Waals surface area contributed by atoms with E-state index in [-0.39, 0.29) is 18.5 Å². The molecule has 0 radical (unpaired) electrons. The van der Waals surface area contributed by atoms with Crippen molar-refractivity contribution < 1.29 is 9.59 Å². The van der Waals surface area contributed by atoms with Gasteiger partial charge in [-0.1, -0.05) is 55.0 Å². The molecule has 2 aromatic rings. The maximum atomic E-state index is 12.5. The maximum absolute atomic E-state index is 12.5. The fourth-order valence-corrected chi connectivity index (χ4v) is 3.19. The van der Waals surface area contributed by atoms with Gasteiger partial charge in [0.2, 0.25) is 5.91 Å². The monoisotopic (exact) mass is 337 g/mol. The van der Waals surface area contributed by atoms with Crippen LogP contribution in [0.3, 0.4) is 0 Å². The minimum atomic E-state index is -0.425. The van der Waals surface area contributed by atoms with Crippen molar-refractivity contribution in [2.24, 2.45) is 11.7 Å². The molecular weight excluding hydrogens is 314 g/mol. The number of urea groups is 1. The van der Waals surface area contributed by atoms with Gasteiger partial charge in [-0.3, -0.25) is 4.79 Å². The van der Waals surface area contributed by atoms with Crippen molar-refractivity contribution in [3.8, 4) is 0 Å². The number of primary amides is 1. The summed E-state index contributed by atoms with van der Waals surface area (Å²) in [5.74, 6) is 0.0419. The maximum Gasteiger partial charge on any atom is 0.319 e. The zero-order valence-electron chi connectivity index (χ0n) is 14.1. The predicted molar refractivity (Wildman–Crippen MR) is 98.0 cm³/mol. The summed E-state index contributed by atoms with van der Waals surface area (Å²) in [6.07, 6.45) is 3.55. The van der Waals surface area contributed by atoms with Gasteiger partial charge in [-0.15, -0.1) is 0 Å². The molecule has 2 aromatic carbocycles. The molecule has 1 aliphatic rings. The lowest BCUT2D eigenvalue weighted by Gasteiger charge is -2.34. The van der Waals surface area contributed by atoms with Crippen molar-refractivity contribution in [3.05, 3.63) is 65.7 Å². The van der Waals surface area contributed by atoms with Crippen LogP contribution >= 0.6 is 0 Å². The number of carbonyl (C=O) groups excluding carboxylic acids is 2. The van der Waals surface area contributed by atoms with Crippen LogP contribution in [0.25, 0.3) is 0 Å². The number of anilines is 1. The molecule has 130 valence electrons. The summed E-state index contributed by atoms with van der Waals surface area (Å²) in [5.41, 5.74) is 7.72. The molecule has 0 spiro atoms. The molecule has 1 aliphatic carbocycles. The summed E-state index contributed by atoms with van der Waals surface area (Å²) in [5, 5.41) is 5.96. The Balaban J connectivity index is 1.71. The van der Waals surface area contributed by atoms with Crippen LogP contribution in [0.5, 0.6) is 0 Å². The average molecular weight is 337 g/mol. The van der Waals surface area contributed by atoms with E-state index in [0.29, 0.717) is 17.2 Å². The summed E-state index contributed by atoms with van der Waals surface area (Å²) >= 11 is 0. The van der Waals surface area contributed by atoms with Crippen molar-refractivity contribution >= 4 is 17.6 Å². The Morgan fingerprint density at radius 1 is 1.04 bits per heavy atom. The van der Waals surface area contributed by atoms with E-state index in [2.05, 4.69) is 10.6 Å². The Morgan fingerprint density at radius 2 is 1.72 bits per heavy atom. The van der Waals surface area contributed by atoms with E-state index in [1.807, 2.05) is 42.5 Å². The molecular formula is C20H23N3O2. The normalized spacial score (nSPS) is 15.0. The van der Waals surface area contributed by atoms with Crippen molar-refractivity contribution in [2.75, 3.05) is 5.32 Å². The smallest absolute Gasteiger partial charge is 0.319 e. The summed E-state index contributed by atoms with van der Waals surface area (Å²) in [6.45, 7) is 0. The molecule has 1 fully saturated rings. The van der Waals surface area contributed by atoms with Gasteiger partial charge in [-0.2, -0.15) is 0 Å². The van der Waals surface area contributed by atoms with Crippen LogP contribution in [-0.2, 0) is 11.2 Å². The zero-order chi connectivity index (χ0) is 17.6. The Bertz CT molecular complexity index is 742. The van der Waals surface area contributed by atoms with Crippen molar-refractivity contribution in [1.82, 2.24) is 5.32 Å². The standard InChI is InChI=1S/C20H23N3O2/c21-18(24)13-16-9-4-5-12-17(16)22-20(25)23-19(15-10-6-11-15)14-7-2-1-3-8-14/h1-5,7-9,12,15,19H,6,10-11,13H2,(H2,21,24)(H2,22,23,25). The number of para-hydroxylation sites is 1. The van der Waals surface area contributed by atoms with Crippen LogP contribution < -0.4 is 16.4 Å². The minimum absolute atomic E-state index is 0.00162. The number of hydrogen-bond acceptors (Lipinski definition) is 2. The SMILES string of the molecule is NC(=O)Cc1ccccc1NC(=O)NC(c1ccccc1)C1CCC1. The molecule has 4 N–H and O–H groups in total. The van der Waals surface area contributed by atoms with Crippen molar-refractivity contribution in [2.45, 2.75) is 31.7 Å². The van der Waals surface area contributed by atoms with Gasteiger partial charge in [0, 0.05) is 5.69 Å². The number of amides is 3. The van der Waals surface area contributed by atoms with Gasteiger partial charge in [-0.05, 0) is 36.0 Å². The van der Waals surface area contributed by atoms with Crippen molar-refractivity contribution in [1.29, 1.82) is 0 Å². The minimum Gasteiger partial charge on any atom is -0.369 e. The highest BCUT2D eigenvalue weighted by Gasteiger charge is 2.29. The number of carbonyl (C=O) groups is 2. The molecule has 0 aromatic heterocycles. The quantitative estimate of drug-likeness (QED) is 0.755. The fourth-order valence-electron chi connectivity index (χ4n) is 3.19. The molecule has 3 amide bonds. The third-order valence-electron chi connectivity index (χ3n) is 4.70. The second-order valence-electron chi connectivity index (χ2n) is 6.48. The summed E-state index contributed by atoms with van der Waals surface area (Å²) in [7, 11) is 0. The van der Waals surface area contributed by atoms with E-state index in [1.54, 1.807) is 12.1 Å². The van der Waals surface area contributed by atoms with E-state index in [9.17, 15) is 9.59 Å². The van der Waals surface area contributed by atoms with E-state index in [0.717, 1.165) is 18.4 Å². The van der Waals surface area contributed by atoms with Gasteiger partial charge in [0.25, 0.3) is 0 Å². The van der Waals surface area contributed by atoms with Crippen LogP contribution in [0.1, 0.15) is 36.4 Å². The zero-order valence-corrected chi connectivity index (χ0v) is 14.1. The van der Waals surface area contributed by atoms with Gasteiger partial charge in [0.15, 0.2) is 0 Å². The first-order chi connectivity index (χ1) is 12.1. The highest BCUT2D eigenvalue weighted by Crippen LogP contribution is 2.37. The third kappa shape index (κ3) is 4.38. The van der Waals surface area contributed by atoms with Gasteiger partial charge in [0.1, 0.15) is 0 Å². The van der Waals surface area contributed by atoms with E-state index < -0.39 is 5.91 Å². The van der Waals surface area contributed by atoms with Crippen LogP contribution in [0.4, 0.5) is 10.5 Å². The molecule has 0 bridgehead atoms. The molecule has 0 saturated heterocycles. The van der Waals surface area contributed by atoms with Gasteiger partial charge >= 0.3 is 6.03 Å². The number of nitrogens with one attached hydrogen (secondary N) is 2. The van der Waals surface area contributed by atoms with Crippen LogP contribution in [0.2, 0.25) is 0 Å². The molecule has 0 aliphatic heterocycles. The fraction of sp³-hybridized carbons (Fsp3) is 0.300. The second-order valence-corrected chi connectivity index (χ2v) is 6.48. The Morgan fingerprint density at radius 3 is 2.36 bits per heavy atom. The highest BCUT2D eigenvalue weighted by molar-refractivity contribution is 5.91. The molecule has 3 rings (SSSR count). The molecule has 1 unspecified atom stereocenters. The van der Waals surface area contributed by atoms with Gasteiger partial charge in [-0.25, -0.2) is 4.79 Å². The first kappa shape index (κ1) is 17.0. The lowest BCUT2D eigenvalue weighted by atomic mass is 9.77. The van der Waals surface area contributed by atoms with Crippen molar-refractivity contribution in [3.63, 3.8) is 0 Å². The Labute approximate surface area is 147 Å². The molecule has 5 nitrogen and oxygen atoms in total. The van der Waals surface area contributed by atoms with Gasteiger partial charge in [0.05, 0.1) is 12.5 Å². The summed E-state index contributed by atoms with van der Waals surface area (Å²) in [6, 6.07) is 17.0. The van der Waals surface area contributed by atoms with Crippen LogP contribution in [0.15, 0.2) is 54.6 Å². The third-order valence-corrected chi connectivity index (χ3v) is 4.70. The Kier molecular flexibility index (Phi) is 5.33. The molecule has 1 saturated carbocycles.